The molecule has 3 aliphatic rings. The van der Waals surface area contributed by atoms with E-state index in [-0.39, 0.29) is 18.3 Å². The van der Waals surface area contributed by atoms with Gasteiger partial charge in [-0.25, -0.2) is 9.50 Å². The molecule has 2 aliphatic heterocycles. The van der Waals surface area contributed by atoms with Crippen LogP contribution in [0, 0.1) is 5.92 Å². The fourth-order valence-corrected chi connectivity index (χ4v) is 6.02. The quantitative estimate of drug-likeness (QED) is 0.435. The molecule has 0 aromatic carbocycles. The number of nitrogens with zero attached hydrogens (tertiary/aromatic N) is 7. The van der Waals surface area contributed by atoms with Crippen LogP contribution in [-0.2, 0) is 4.74 Å². The van der Waals surface area contributed by atoms with Gasteiger partial charge in [-0.1, -0.05) is 0 Å². The van der Waals surface area contributed by atoms with E-state index in [1.54, 1.807) is 10.7 Å². The van der Waals surface area contributed by atoms with Gasteiger partial charge in [0.05, 0.1) is 36.7 Å². The predicted octanol–water partition coefficient (Wildman–Crippen LogP) is 1.94. The highest BCUT2D eigenvalue weighted by molar-refractivity contribution is 6.04. The Morgan fingerprint density at radius 3 is 2.78 bits per heavy atom. The number of nitrogens with two attached hydrogens (primary N) is 1. The normalized spacial score (nSPS) is 25.9. The van der Waals surface area contributed by atoms with Crippen LogP contribution in [0.4, 0.5) is 5.82 Å². The van der Waals surface area contributed by atoms with Gasteiger partial charge >= 0.3 is 0 Å². The van der Waals surface area contributed by atoms with E-state index in [0.29, 0.717) is 41.6 Å². The first-order valence-electron chi connectivity index (χ1n) is 12.6. The van der Waals surface area contributed by atoms with Gasteiger partial charge < -0.3 is 20.5 Å². The van der Waals surface area contributed by atoms with Crippen molar-refractivity contribution >= 4 is 28.3 Å². The zero-order valence-corrected chi connectivity index (χ0v) is 19.8. The second-order valence-electron chi connectivity index (χ2n) is 10.2. The van der Waals surface area contributed by atoms with E-state index in [9.17, 15) is 9.90 Å². The third-order valence-corrected chi connectivity index (χ3v) is 8.01. The van der Waals surface area contributed by atoms with Crippen LogP contribution in [0.1, 0.15) is 48.5 Å². The third kappa shape index (κ3) is 3.45. The molecular formula is C25H28N8O3. The van der Waals surface area contributed by atoms with Gasteiger partial charge in [0.25, 0.3) is 5.91 Å². The van der Waals surface area contributed by atoms with Crippen molar-refractivity contribution in [3.63, 3.8) is 0 Å². The molecular weight excluding hydrogens is 460 g/mol. The number of aromatic nitrogens is 6. The van der Waals surface area contributed by atoms with Crippen molar-refractivity contribution in [3.8, 4) is 11.4 Å². The molecule has 3 N–H and O–H groups in total. The monoisotopic (exact) mass is 488 g/mol. The first-order chi connectivity index (χ1) is 17.6. The number of carbonyl (C=O) groups is 1. The summed E-state index contributed by atoms with van der Waals surface area (Å²) < 4.78 is 9.33. The number of morpholine rings is 1. The number of carbonyl (C=O) groups excluding carboxylic acids is 1. The summed E-state index contributed by atoms with van der Waals surface area (Å²) in [6.07, 6.45) is 10.8. The number of aliphatic hydroxyl groups is 1. The molecule has 1 aliphatic carbocycles. The SMILES string of the molecule is NC(=O)c1c(-c2cc3cn(C4CCC(CO)CC4)nc3cn2)nn2ccc(N3C[C@H]4C[C@@H]3CO4)nc12. The topological polar surface area (TPSA) is 137 Å². The van der Waals surface area contributed by atoms with Gasteiger partial charge in [0.2, 0.25) is 0 Å². The molecule has 0 unspecified atom stereocenters. The molecule has 1 saturated carbocycles. The summed E-state index contributed by atoms with van der Waals surface area (Å²) in [6.45, 7) is 1.75. The van der Waals surface area contributed by atoms with Crippen LogP contribution in [0.5, 0.6) is 0 Å². The second kappa shape index (κ2) is 8.24. The van der Waals surface area contributed by atoms with Gasteiger partial charge in [0.1, 0.15) is 22.6 Å². The Kier molecular flexibility index (Phi) is 4.97. The number of pyridine rings is 1. The Morgan fingerprint density at radius 2 is 2.06 bits per heavy atom. The summed E-state index contributed by atoms with van der Waals surface area (Å²) in [4.78, 5) is 24.2. The summed E-state index contributed by atoms with van der Waals surface area (Å²) in [5, 5.41) is 19.7. The van der Waals surface area contributed by atoms with Crippen LogP contribution < -0.4 is 10.6 Å². The molecule has 6 heterocycles. The van der Waals surface area contributed by atoms with Gasteiger partial charge in [0, 0.05) is 30.9 Å². The molecule has 4 aromatic rings. The number of fused-ring (bicyclic) bond motifs is 4. The third-order valence-electron chi connectivity index (χ3n) is 8.01. The highest BCUT2D eigenvalue weighted by Gasteiger charge is 2.40. The van der Waals surface area contributed by atoms with E-state index < -0.39 is 5.91 Å². The zero-order chi connectivity index (χ0) is 24.4. The maximum absolute atomic E-state index is 12.6. The van der Waals surface area contributed by atoms with E-state index >= 15 is 0 Å². The van der Waals surface area contributed by atoms with E-state index in [2.05, 4.69) is 15.0 Å². The van der Waals surface area contributed by atoms with Crippen LogP contribution in [-0.4, -0.2) is 72.3 Å². The van der Waals surface area contributed by atoms with Crippen molar-refractivity contribution < 1.29 is 14.6 Å². The van der Waals surface area contributed by atoms with Crippen LogP contribution in [0.3, 0.4) is 0 Å². The molecule has 2 saturated heterocycles. The predicted molar refractivity (Wildman–Crippen MR) is 132 cm³/mol. The number of hydrogen-bond acceptors (Lipinski definition) is 8. The number of ether oxygens (including phenoxy) is 1. The van der Waals surface area contributed by atoms with E-state index in [0.717, 1.165) is 55.4 Å². The summed E-state index contributed by atoms with van der Waals surface area (Å²) in [5.74, 6) is 0.604. The molecule has 1 amide bonds. The van der Waals surface area contributed by atoms with Crippen LogP contribution in [0.2, 0.25) is 0 Å². The number of primary amides is 1. The number of anilines is 1. The Balaban J connectivity index is 1.25. The van der Waals surface area contributed by atoms with Crippen molar-refractivity contribution in [2.75, 3.05) is 24.7 Å². The minimum atomic E-state index is -0.589. The summed E-state index contributed by atoms with van der Waals surface area (Å²) in [5.41, 5.74) is 8.29. The Bertz CT molecular complexity index is 1470. The summed E-state index contributed by atoms with van der Waals surface area (Å²) in [7, 11) is 0. The average molecular weight is 489 g/mol. The lowest BCUT2D eigenvalue weighted by molar-refractivity contribution is 0.0987. The highest BCUT2D eigenvalue weighted by atomic mass is 16.5. The fourth-order valence-electron chi connectivity index (χ4n) is 6.02. The molecule has 4 aromatic heterocycles. The Hall–Kier alpha value is -3.57. The van der Waals surface area contributed by atoms with Crippen molar-refractivity contribution in [2.24, 2.45) is 11.7 Å². The lowest BCUT2D eigenvalue weighted by Gasteiger charge is -2.27. The van der Waals surface area contributed by atoms with E-state index in [4.69, 9.17) is 20.6 Å². The van der Waals surface area contributed by atoms with Gasteiger partial charge in [0.15, 0.2) is 5.65 Å². The lowest BCUT2D eigenvalue weighted by atomic mass is 9.87. The number of rotatable bonds is 5. The minimum Gasteiger partial charge on any atom is -0.396 e. The average Bonchev–Trinajstić information content (AvgIpc) is 3.69. The Morgan fingerprint density at radius 1 is 1.19 bits per heavy atom. The van der Waals surface area contributed by atoms with Crippen LogP contribution >= 0.6 is 0 Å². The van der Waals surface area contributed by atoms with E-state index in [1.807, 2.05) is 29.2 Å². The molecule has 3 fully saturated rings. The fraction of sp³-hybridized carbons (Fsp3) is 0.480. The van der Waals surface area contributed by atoms with Gasteiger partial charge in [-0.3, -0.25) is 14.5 Å². The largest absolute Gasteiger partial charge is 0.396 e. The van der Waals surface area contributed by atoms with Gasteiger partial charge in [-0.15, -0.1) is 0 Å². The minimum absolute atomic E-state index is 0.241. The Labute approximate surface area is 206 Å². The summed E-state index contributed by atoms with van der Waals surface area (Å²) >= 11 is 0. The van der Waals surface area contributed by atoms with E-state index in [1.165, 1.54) is 0 Å². The standard InChI is InChI=1S/C25H28N8O3/c26-24(35)22-23(30-32-6-5-21(28-25(22)32)31-11-18-8-17(31)13-36-18)19-7-15-10-33(29-20(15)9-27-19)16-3-1-14(12-34)2-4-16/h5-7,9-10,14,16-18,34H,1-4,8,11-13H2,(H2,26,35)/t14?,16?,17-,18-/m1/s1. The highest BCUT2D eigenvalue weighted by Crippen LogP contribution is 2.34. The van der Waals surface area contributed by atoms with Gasteiger partial charge in [-0.2, -0.15) is 10.2 Å². The smallest absolute Gasteiger partial charge is 0.254 e. The maximum atomic E-state index is 12.6. The molecule has 0 radical (unpaired) electrons. The zero-order valence-electron chi connectivity index (χ0n) is 19.8. The van der Waals surface area contributed by atoms with Crippen molar-refractivity contribution in [1.82, 2.24) is 29.4 Å². The number of amides is 1. The molecule has 7 rings (SSSR count). The summed E-state index contributed by atoms with van der Waals surface area (Å²) in [6, 6.07) is 4.45. The number of hydrogen-bond donors (Lipinski definition) is 2. The molecule has 11 nitrogen and oxygen atoms in total. The second-order valence-corrected chi connectivity index (χ2v) is 10.2. The number of aliphatic hydroxyl groups excluding tert-OH is 1. The van der Waals surface area contributed by atoms with Gasteiger partial charge in [-0.05, 0) is 50.2 Å². The molecule has 2 atom stereocenters. The molecule has 11 heteroatoms. The van der Waals surface area contributed by atoms with Crippen molar-refractivity contribution in [3.05, 3.63) is 36.3 Å². The first kappa shape index (κ1) is 21.7. The molecule has 2 bridgehead atoms. The maximum Gasteiger partial charge on any atom is 0.254 e. The molecule has 186 valence electrons. The molecule has 0 spiro atoms. The van der Waals surface area contributed by atoms with Crippen LogP contribution in [0.25, 0.3) is 27.9 Å². The lowest BCUT2D eigenvalue weighted by Crippen LogP contribution is -2.37. The van der Waals surface area contributed by atoms with Crippen molar-refractivity contribution in [1.29, 1.82) is 0 Å². The first-order valence-corrected chi connectivity index (χ1v) is 12.6. The molecule has 36 heavy (non-hydrogen) atoms. The van der Waals surface area contributed by atoms with Crippen LogP contribution in [0.15, 0.2) is 30.7 Å². The van der Waals surface area contributed by atoms with Crippen molar-refractivity contribution in [2.45, 2.75) is 50.3 Å².